The number of hydrogen-bond acceptors (Lipinski definition) is 16. The summed E-state index contributed by atoms with van der Waals surface area (Å²) < 4.78 is 0. The molecule has 16 N–H and O–H groups in total. The Morgan fingerprint density at radius 2 is 1.09 bits per heavy atom. The molecule has 109 heavy (non-hydrogen) atoms. The quantitative estimate of drug-likeness (QED) is 0.0142. The van der Waals surface area contributed by atoms with Crippen molar-refractivity contribution in [2.75, 3.05) is 32.1 Å². The van der Waals surface area contributed by atoms with Gasteiger partial charge >= 0.3 is 5.97 Å². The molecule has 0 radical (unpaired) electrons. The SMILES string of the molecule is CCCCCCCCCCCCCCCC(=O)N[C@H](C(=O)C[C@@H](CC(=O)O)C(=O)N[C@@H](C)C(=O)C[C@@H](CC(C)C)C(=O)NC)[C@@H](C)O.CC[C@H](C)[C@H](CC(=O)[C@H](Cc1ccccc1)NC(=O)[C@H](CCSC)CC(=O)[C@H](Cc1c[nH]c2ccccc12)NC(=O)[C@H](CCCCN)CC(=O)[C@@H](C)CCCN=C(N)N)C(N)=O. The van der Waals surface area contributed by atoms with Gasteiger partial charge in [0.2, 0.25) is 35.4 Å². The van der Waals surface area contributed by atoms with Crippen LogP contribution in [0.1, 0.15) is 246 Å². The molecule has 1 heterocycles. The van der Waals surface area contributed by atoms with Crippen molar-refractivity contribution in [3.8, 4) is 0 Å². The maximum Gasteiger partial charge on any atom is 0.304 e. The lowest BCUT2D eigenvalue weighted by Crippen LogP contribution is -2.49. The van der Waals surface area contributed by atoms with Crippen molar-refractivity contribution in [1.29, 1.82) is 0 Å². The summed E-state index contributed by atoms with van der Waals surface area (Å²) in [7, 11) is 1.49. The van der Waals surface area contributed by atoms with Crippen LogP contribution in [0, 0.1) is 47.3 Å². The van der Waals surface area contributed by atoms with E-state index in [1.165, 1.54) is 90.4 Å². The number of carbonyl (C=O) groups excluding carboxylic acids is 11. The number of unbranched alkanes of at least 4 members (excludes halogenated alkanes) is 13. The molecule has 0 saturated carbocycles. The number of nitrogens with zero attached hydrogens (tertiary/aromatic N) is 1. The number of nitrogens with two attached hydrogens (primary N) is 4. The number of nitrogens with one attached hydrogen (secondary N) is 6. The molecule has 0 aliphatic carbocycles. The van der Waals surface area contributed by atoms with E-state index in [9.17, 15) is 67.7 Å². The van der Waals surface area contributed by atoms with Gasteiger partial charge in [-0.25, -0.2) is 0 Å². The van der Waals surface area contributed by atoms with Crippen molar-refractivity contribution < 1.29 is 67.7 Å². The fourth-order valence-electron chi connectivity index (χ4n) is 13.5. The summed E-state index contributed by atoms with van der Waals surface area (Å²) in [6.45, 7) is 15.4. The Bertz CT molecular complexity index is 3290. The van der Waals surface area contributed by atoms with E-state index in [1.807, 2.05) is 102 Å². The lowest BCUT2D eigenvalue weighted by atomic mass is 9.84. The molecule has 0 fully saturated rings. The minimum atomic E-state index is -1.32. The Labute approximate surface area is 652 Å². The van der Waals surface area contributed by atoms with Crippen LogP contribution in [0.4, 0.5) is 0 Å². The standard InChI is InChI=1S/C47H70N8O6S.C36H65N3O8/c1-5-30(2)37(44(49)59)28-43(58)39(24-32-15-7-6-8-16-32)54-46(61)34(20-23-62-4)27-42(57)40(25-35-29-53-38-19-10-9-18-36(35)38)55-45(60)33(17-11-12-21-48)26-41(56)31(3)14-13-22-52-47(50)51;1-7-8-9-10-11-12-13-14-15-16-17-18-19-20-32(43)39-34(27(5)40)31(42)23-29(24-33(44)45)36(47)38-26(4)30(41)22-28(21-25(2)3)35(46)37-6/h6-10,15-16,18-19,29-31,33-34,37,39-40,53H,5,11-14,17,20-28,48H2,1-4H3,(H2,49,59)(H,54,61)(H,55,60)(H4,50,51,52);25-29,34,40H,7-24H2,1-6H3,(H,37,46)(H,38,47)(H,39,43)(H,44,45)/t30-,31-,33+,34+,37-,39-,40-;26-,27+,28+,29-,34-/m00/s1. The van der Waals surface area contributed by atoms with Crippen LogP contribution in [0.3, 0.4) is 0 Å². The van der Waals surface area contributed by atoms with Crippen LogP contribution < -0.4 is 49.5 Å². The van der Waals surface area contributed by atoms with Crippen LogP contribution in [0.2, 0.25) is 0 Å². The highest BCUT2D eigenvalue weighted by Crippen LogP contribution is 2.27. The number of amides is 6. The van der Waals surface area contributed by atoms with Crippen molar-refractivity contribution >= 4 is 99.0 Å². The van der Waals surface area contributed by atoms with E-state index < -0.39 is 120 Å². The van der Waals surface area contributed by atoms with Gasteiger partial charge in [0, 0.05) is 105 Å². The number of para-hydroxylation sites is 1. The zero-order valence-electron chi connectivity index (χ0n) is 67.1. The molecule has 12 atom stereocenters. The van der Waals surface area contributed by atoms with Crippen molar-refractivity contribution in [3.05, 3.63) is 71.9 Å². The van der Waals surface area contributed by atoms with E-state index in [1.54, 1.807) is 0 Å². The molecule has 2 aromatic carbocycles. The topological polar surface area (TPSA) is 438 Å². The first kappa shape index (κ1) is 97.2. The van der Waals surface area contributed by atoms with E-state index >= 15 is 0 Å². The average molecular weight is 1540 g/mol. The fraction of sp³-hybridized carbons (Fsp3) is 0.675. The van der Waals surface area contributed by atoms with Crippen LogP contribution >= 0.6 is 11.8 Å². The molecule has 0 bridgehead atoms. The number of rotatable bonds is 60. The molecule has 25 nitrogen and oxygen atoms in total. The first-order chi connectivity index (χ1) is 51.9. The van der Waals surface area contributed by atoms with Crippen molar-refractivity contribution in [3.63, 3.8) is 0 Å². The van der Waals surface area contributed by atoms with E-state index in [2.05, 4.69) is 43.5 Å². The summed E-state index contributed by atoms with van der Waals surface area (Å²) in [6, 6.07) is 12.7. The maximum absolute atomic E-state index is 14.6. The third-order valence-corrected chi connectivity index (χ3v) is 21.1. The number of H-pyrrole nitrogens is 1. The Morgan fingerprint density at radius 1 is 0.550 bits per heavy atom. The second-order valence-electron chi connectivity index (χ2n) is 30.2. The summed E-state index contributed by atoms with van der Waals surface area (Å²) in [5.74, 6) is -9.87. The highest BCUT2D eigenvalue weighted by Gasteiger charge is 2.37. The Kier molecular flexibility index (Phi) is 49.5. The first-order valence-corrected chi connectivity index (χ1v) is 41.4. The minimum Gasteiger partial charge on any atom is -0.481 e. The molecule has 3 rings (SSSR count). The van der Waals surface area contributed by atoms with Crippen LogP contribution in [0.15, 0.2) is 65.8 Å². The number of ketones is 5. The molecule has 0 aliphatic heterocycles. The van der Waals surface area contributed by atoms with Gasteiger partial charge < -0.3 is 64.7 Å². The Hall–Kier alpha value is -7.84. The van der Waals surface area contributed by atoms with Crippen molar-refractivity contribution in [1.82, 2.24) is 31.6 Å². The first-order valence-electron chi connectivity index (χ1n) is 40.0. The Morgan fingerprint density at radius 3 is 1.64 bits per heavy atom. The van der Waals surface area contributed by atoms with Gasteiger partial charge in [-0.2, -0.15) is 11.8 Å². The number of guanidine groups is 1. The fourth-order valence-corrected chi connectivity index (χ4v) is 14.0. The summed E-state index contributed by atoms with van der Waals surface area (Å²) in [5.41, 5.74) is 24.9. The van der Waals surface area contributed by atoms with Gasteiger partial charge in [0.25, 0.3) is 0 Å². The molecule has 0 aliphatic rings. The molecule has 0 saturated heterocycles. The van der Waals surface area contributed by atoms with Crippen LogP contribution in [-0.2, 0) is 70.4 Å². The highest BCUT2D eigenvalue weighted by atomic mass is 32.2. The number of primary amides is 1. The number of aliphatic imine (C=N–C) groups is 1. The number of hydrogen-bond donors (Lipinski definition) is 12. The summed E-state index contributed by atoms with van der Waals surface area (Å²) >= 11 is 1.53. The van der Waals surface area contributed by atoms with Crippen molar-refractivity contribution in [2.24, 2.45) is 75.3 Å². The summed E-state index contributed by atoms with van der Waals surface area (Å²) in [4.78, 5) is 166. The monoisotopic (exact) mass is 1540 g/mol. The lowest BCUT2D eigenvalue weighted by molar-refractivity contribution is -0.143. The second-order valence-corrected chi connectivity index (χ2v) is 31.2. The Balaban J connectivity index is 0.000000771. The molecule has 0 unspecified atom stereocenters. The predicted octanol–water partition coefficient (Wildman–Crippen LogP) is 10.0. The molecular formula is C83H135N11O14S. The van der Waals surface area contributed by atoms with Gasteiger partial charge in [-0.3, -0.25) is 62.5 Å². The zero-order chi connectivity index (χ0) is 81.4. The number of Topliss-reactive ketones (excluding diaryl/α,β-unsaturated/α-hetero) is 5. The lowest BCUT2D eigenvalue weighted by Gasteiger charge is -2.26. The van der Waals surface area contributed by atoms with Crippen LogP contribution in [-0.4, -0.2) is 154 Å². The smallest absolute Gasteiger partial charge is 0.304 e. The third-order valence-electron chi connectivity index (χ3n) is 20.4. The molecular weight excluding hydrogens is 1410 g/mol. The number of carboxylic acids is 1. The number of aromatic amines is 1. The molecule has 3 aromatic rings. The largest absolute Gasteiger partial charge is 0.481 e. The summed E-state index contributed by atoms with van der Waals surface area (Å²) in [5, 5.41) is 34.2. The van der Waals surface area contributed by atoms with Gasteiger partial charge in [-0.05, 0) is 113 Å². The number of aliphatic hydroxyl groups is 1. The molecule has 26 heteroatoms. The number of benzene rings is 2. The zero-order valence-corrected chi connectivity index (χ0v) is 67.9. The number of aliphatic carboxylic acids is 1. The number of aliphatic hydroxyl groups excluding tert-OH is 1. The van der Waals surface area contributed by atoms with E-state index in [-0.39, 0.29) is 91.9 Å². The molecule has 6 amide bonds. The predicted molar refractivity (Wildman–Crippen MR) is 433 cm³/mol. The summed E-state index contributed by atoms with van der Waals surface area (Å²) in [6.07, 6.45) is 21.0. The van der Waals surface area contributed by atoms with Gasteiger partial charge in [0.1, 0.15) is 11.8 Å². The van der Waals surface area contributed by atoms with Gasteiger partial charge in [-0.15, -0.1) is 0 Å². The molecule has 0 spiro atoms. The molecule has 612 valence electrons. The van der Waals surface area contributed by atoms with Gasteiger partial charge in [0.15, 0.2) is 29.1 Å². The maximum atomic E-state index is 14.6. The number of fused-ring (bicyclic) bond motifs is 1. The highest BCUT2D eigenvalue weighted by molar-refractivity contribution is 7.98. The number of thioether (sulfide) groups is 1. The van der Waals surface area contributed by atoms with E-state index in [0.29, 0.717) is 76.6 Å². The normalized spacial score (nSPS) is 14.6. The van der Waals surface area contributed by atoms with E-state index in [4.69, 9.17) is 22.9 Å². The van der Waals surface area contributed by atoms with E-state index in [0.717, 1.165) is 41.3 Å². The van der Waals surface area contributed by atoms with Gasteiger partial charge in [-0.1, -0.05) is 180 Å². The average Bonchev–Trinajstić information content (AvgIpc) is 1.84. The third kappa shape index (κ3) is 40.1. The second kappa shape index (κ2) is 55.5. The minimum absolute atomic E-state index is 0.00288. The molecule has 1 aromatic heterocycles. The number of aromatic nitrogens is 1. The van der Waals surface area contributed by atoms with Crippen LogP contribution in [0.5, 0.6) is 0 Å². The van der Waals surface area contributed by atoms with Gasteiger partial charge in [0.05, 0.1) is 36.6 Å². The van der Waals surface area contributed by atoms with Crippen LogP contribution in [0.25, 0.3) is 10.9 Å². The number of carboxylic acid groups (broad SMARTS) is 1. The number of carbonyl (C=O) groups is 12. The van der Waals surface area contributed by atoms with Crippen molar-refractivity contribution in [2.45, 2.75) is 278 Å².